The number of imide groups is 1. The molecule has 192 valence electrons. The number of amides is 2. The summed E-state index contributed by atoms with van der Waals surface area (Å²) in [4.78, 5) is 22.5. The molecule has 8 atom stereocenters. The highest BCUT2D eigenvalue weighted by molar-refractivity contribution is 5.86. The second-order valence-electron chi connectivity index (χ2n) is 13.0. The lowest BCUT2D eigenvalue weighted by Gasteiger charge is -2.58. The van der Waals surface area contributed by atoms with Crippen LogP contribution in [0.4, 0.5) is 9.59 Å². The molecule has 4 rings (SSSR count). The fraction of sp³-hybridized carbons (Fsp3) is 0.862. The summed E-state index contributed by atoms with van der Waals surface area (Å²) in [6, 6.07) is 0. The van der Waals surface area contributed by atoms with E-state index in [1.54, 1.807) is 0 Å². The minimum Gasteiger partial charge on any atom is -0.465 e. The van der Waals surface area contributed by atoms with Crippen LogP contribution in [0.25, 0.3) is 0 Å². The number of alkyl carbamates (subject to hydrolysis) is 1. The molecule has 2 N–H and O–H groups in total. The second kappa shape index (κ2) is 9.85. The Labute approximate surface area is 206 Å². The zero-order valence-electron chi connectivity index (χ0n) is 22.1. The SMILES string of the molecule is CC(C)CCC[C@@H](C)[C@H]1CC[C@H]2[C@@H]3CC=C4C[C@@H](OC(=O)NC(=O)O)CC[C@]4(C)[C@H]3CC[C@]12C. The zero-order chi connectivity index (χ0) is 24.7. The van der Waals surface area contributed by atoms with Gasteiger partial charge in [-0.3, -0.25) is 0 Å². The summed E-state index contributed by atoms with van der Waals surface area (Å²) in [5.74, 6) is 4.88. The number of carboxylic acid groups (broad SMARTS) is 1. The lowest BCUT2D eigenvalue weighted by molar-refractivity contribution is -0.0580. The lowest BCUT2D eigenvalue weighted by Crippen LogP contribution is -2.51. The first-order chi connectivity index (χ1) is 16.0. The van der Waals surface area contributed by atoms with Crippen LogP contribution < -0.4 is 5.32 Å². The van der Waals surface area contributed by atoms with Crippen molar-refractivity contribution in [1.29, 1.82) is 0 Å². The van der Waals surface area contributed by atoms with E-state index in [0.29, 0.717) is 5.41 Å². The van der Waals surface area contributed by atoms with Crippen molar-refractivity contribution in [1.82, 2.24) is 5.32 Å². The van der Waals surface area contributed by atoms with Crippen molar-refractivity contribution < 1.29 is 19.4 Å². The fourth-order valence-electron chi connectivity index (χ4n) is 9.02. The normalized spacial score (nSPS) is 39.9. The Hall–Kier alpha value is -1.52. The monoisotopic (exact) mass is 473 g/mol. The van der Waals surface area contributed by atoms with E-state index in [1.165, 1.54) is 56.9 Å². The Balaban J connectivity index is 1.43. The molecule has 0 bridgehead atoms. The summed E-state index contributed by atoms with van der Waals surface area (Å²) in [6.45, 7) is 12.3. The molecule has 5 heteroatoms. The average Bonchev–Trinajstić information content (AvgIpc) is 3.10. The quantitative estimate of drug-likeness (QED) is 0.386. The predicted molar refractivity (Wildman–Crippen MR) is 134 cm³/mol. The molecule has 0 aromatic rings. The topological polar surface area (TPSA) is 75.6 Å². The van der Waals surface area contributed by atoms with E-state index in [-0.39, 0.29) is 11.5 Å². The number of carbonyl (C=O) groups is 2. The maximum Gasteiger partial charge on any atom is 0.416 e. The molecule has 0 spiro atoms. The number of fused-ring (bicyclic) bond motifs is 5. The first-order valence-corrected chi connectivity index (χ1v) is 13.9. The smallest absolute Gasteiger partial charge is 0.416 e. The van der Waals surface area contributed by atoms with E-state index in [1.807, 2.05) is 5.32 Å². The number of allylic oxidation sites excluding steroid dienone is 1. The molecular formula is C29H47NO4. The molecular weight excluding hydrogens is 426 g/mol. The third-order valence-corrected chi connectivity index (χ3v) is 10.7. The first kappa shape index (κ1) is 25.6. The third kappa shape index (κ3) is 4.78. The Morgan fingerprint density at radius 2 is 1.85 bits per heavy atom. The Bertz CT molecular complexity index is 806. The molecule has 0 aliphatic heterocycles. The summed E-state index contributed by atoms with van der Waals surface area (Å²) in [5, 5.41) is 10.6. The molecule has 2 amide bonds. The van der Waals surface area contributed by atoms with E-state index < -0.39 is 12.2 Å². The van der Waals surface area contributed by atoms with Crippen LogP contribution in [0, 0.1) is 46.3 Å². The van der Waals surface area contributed by atoms with E-state index >= 15 is 0 Å². The van der Waals surface area contributed by atoms with Crippen LogP contribution in [0.1, 0.15) is 105 Å². The van der Waals surface area contributed by atoms with E-state index in [2.05, 4.69) is 40.7 Å². The molecule has 0 aromatic carbocycles. The van der Waals surface area contributed by atoms with Crippen molar-refractivity contribution in [2.45, 2.75) is 111 Å². The van der Waals surface area contributed by atoms with Crippen LogP contribution in [0.15, 0.2) is 11.6 Å². The molecule has 0 radical (unpaired) electrons. The Kier molecular flexibility index (Phi) is 7.41. The van der Waals surface area contributed by atoms with E-state index in [0.717, 1.165) is 54.8 Å². The predicted octanol–water partition coefficient (Wildman–Crippen LogP) is 7.80. The molecule has 3 saturated carbocycles. The van der Waals surface area contributed by atoms with Crippen LogP contribution in [-0.2, 0) is 4.74 Å². The Morgan fingerprint density at radius 3 is 2.56 bits per heavy atom. The Morgan fingerprint density at radius 1 is 1.09 bits per heavy atom. The van der Waals surface area contributed by atoms with Crippen molar-refractivity contribution >= 4 is 12.2 Å². The van der Waals surface area contributed by atoms with Crippen LogP contribution in [-0.4, -0.2) is 23.4 Å². The molecule has 0 heterocycles. The van der Waals surface area contributed by atoms with Crippen LogP contribution in [0.5, 0.6) is 0 Å². The molecule has 5 nitrogen and oxygen atoms in total. The van der Waals surface area contributed by atoms with Gasteiger partial charge in [0.15, 0.2) is 0 Å². The standard InChI is InChI=1S/C29H47NO4/c1-18(2)7-6-8-19(3)23-11-12-24-22-10-9-20-17-21(34-27(33)30-26(31)32)13-15-28(20,4)25(22)14-16-29(23,24)5/h9,18-19,21-25H,6-8,10-17H2,1-5H3,(H,30,33)(H,31,32)/t19-,21+,22+,23-,24+,25+,28+,29-/m1/s1. The van der Waals surface area contributed by atoms with Crippen molar-refractivity contribution in [2.24, 2.45) is 46.3 Å². The van der Waals surface area contributed by atoms with Crippen molar-refractivity contribution in [2.75, 3.05) is 0 Å². The molecule has 4 aliphatic rings. The number of hydrogen-bond donors (Lipinski definition) is 2. The van der Waals surface area contributed by atoms with Crippen molar-refractivity contribution in [3.63, 3.8) is 0 Å². The van der Waals surface area contributed by atoms with Gasteiger partial charge in [-0.2, -0.15) is 0 Å². The van der Waals surface area contributed by atoms with Gasteiger partial charge in [0.2, 0.25) is 0 Å². The summed E-state index contributed by atoms with van der Waals surface area (Å²) in [7, 11) is 0. The van der Waals surface area contributed by atoms with Crippen LogP contribution >= 0.6 is 0 Å². The minimum absolute atomic E-state index is 0.203. The highest BCUT2D eigenvalue weighted by Gasteiger charge is 2.59. The molecule has 4 aliphatic carbocycles. The van der Waals surface area contributed by atoms with Gasteiger partial charge >= 0.3 is 12.2 Å². The fourth-order valence-corrected chi connectivity index (χ4v) is 9.02. The van der Waals surface area contributed by atoms with Crippen LogP contribution in [0.2, 0.25) is 0 Å². The lowest BCUT2D eigenvalue weighted by atomic mass is 9.47. The van der Waals surface area contributed by atoms with Gasteiger partial charge in [0.1, 0.15) is 6.10 Å². The van der Waals surface area contributed by atoms with Gasteiger partial charge in [-0.25, -0.2) is 14.9 Å². The van der Waals surface area contributed by atoms with E-state index in [4.69, 9.17) is 9.84 Å². The maximum absolute atomic E-state index is 11.8. The number of ether oxygens (including phenoxy) is 1. The van der Waals surface area contributed by atoms with Gasteiger partial charge in [0, 0.05) is 6.42 Å². The van der Waals surface area contributed by atoms with Gasteiger partial charge in [-0.15, -0.1) is 0 Å². The number of rotatable bonds is 6. The third-order valence-electron chi connectivity index (χ3n) is 10.7. The number of nitrogens with one attached hydrogen (secondary N) is 1. The maximum atomic E-state index is 11.8. The molecule has 34 heavy (non-hydrogen) atoms. The van der Waals surface area contributed by atoms with Crippen molar-refractivity contribution in [3.8, 4) is 0 Å². The molecule has 0 unspecified atom stereocenters. The zero-order valence-corrected chi connectivity index (χ0v) is 22.1. The first-order valence-electron chi connectivity index (χ1n) is 13.9. The van der Waals surface area contributed by atoms with Gasteiger partial charge in [-0.1, -0.05) is 65.5 Å². The molecule has 0 aromatic heterocycles. The van der Waals surface area contributed by atoms with E-state index in [9.17, 15) is 9.59 Å². The molecule has 3 fully saturated rings. The van der Waals surface area contributed by atoms with Gasteiger partial charge < -0.3 is 9.84 Å². The second-order valence-corrected chi connectivity index (χ2v) is 13.0. The van der Waals surface area contributed by atoms with Gasteiger partial charge in [-0.05, 0) is 91.3 Å². The largest absolute Gasteiger partial charge is 0.465 e. The summed E-state index contributed by atoms with van der Waals surface area (Å²) < 4.78 is 5.43. The minimum atomic E-state index is -1.36. The molecule has 0 saturated heterocycles. The highest BCUT2D eigenvalue weighted by atomic mass is 16.6. The highest BCUT2D eigenvalue weighted by Crippen LogP contribution is 2.67. The van der Waals surface area contributed by atoms with Gasteiger partial charge in [0.25, 0.3) is 0 Å². The summed E-state index contributed by atoms with van der Waals surface area (Å²) in [6.07, 6.45) is 13.5. The number of carbonyl (C=O) groups excluding carboxylic acids is 1. The summed E-state index contributed by atoms with van der Waals surface area (Å²) >= 11 is 0. The number of hydrogen-bond acceptors (Lipinski definition) is 3. The average molecular weight is 474 g/mol. The van der Waals surface area contributed by atoms with Crippen molar-refractivity contribution in [3.05, 3.63) is 11.6 Å². The van der Waals surface area contributed by atoms with Gasteiger partial charge in [0.05, 0.1) is 0 Å². The van der Waals surface area contributed by atoms with Crippen LogP contribution in [0.3, 0.4) is 0 Å². The summed E-state index contributed by atoms with van der Waals surface area (Å²) in [5.41, 5.74) is 2.15.